The van der Waals surface area contributed by atoms with Crippen molar-refractivity contribution in [2.75, 3.05) is 0 Å². The molecule has 0 saturated carbocycles. The highest BCUT2D eigenvalue weighted by molar-refractivity contribution is 9.10. The molecule has 5 nitrogen and oxygen atoms in total. The Bertz CT molecular complexity index is 1300. The molecule has 0 spiro atoms. The first-order valence-corrected chi connectivity index (χ1v) is 12.2. The van der Waals surface area contributed by atoms with Gasteiger partial charge in [0.2, 0.25) is 10.0 Å². The number of halogens is 2. The van der Waals surface area contributed by atoms with Crippen LogP contribution in [0.3, 0.4) is 0 Å². The Balaban J connectivity index is 1.70. The van der Waals surface area contributed by atoms with E-state index in [1.54, 1.807) is 24.3 Å². The van der Waals surface area contributed by atoms with E-state index in [1.165, 1.54) is 35.6 Å². The Morgan fingerprint density at radius 2 is 1.55 bits per heavy atom. The van der Waals surface area contributed by atoms with Gasteiger partial charge < -0.3 is 4.74 Å². The zero-order valence-corrected chi connectivity index (χ0v) is 19.2. The van der Waals surface area contributed by atoms with E-state index in [2.05, 4.69) is 15.9 Å². The van der Waals surface area contributed by atoms with E-state index in [0.717, 1.165) is 25.5 Å². The maximum Gasteiger partial charge on any atom is 0.238 e. The second-order valence-electron chi connectivity index (χ2n) is 6.60. The average molecular weight is 519 g/mol. The van der Waals surface area contributed by atoms with Crippen molar-refractivity contribution in [3.8, 4) is 27.4 Å². The summed E-state index contributed by atoms with van der Waals surface area (Å²) in [4.78, 5) is 5.56. The predicted molar refractivity (Wildman–Crippen MR) is 123 cm³/mol. The van der Waals surface area contributed by atoms with E-state index in [-0.39, 0.29) is 17.3 Å². The molecule has 4 rings (SSSR count). The van der Waals surface area contributed by atoms with Crippen LogP contribution in [0, 0.1) is 5.82 Å². The first-order valence-electron chi connectivity index (χ1n) is 9.07. The fourth-order valence-electron chi connectivity index (χ4n) is 2.90. The zero-order valence-electron chi connectivity index (χ0n) is 16.0. The molecule has 0 unspecified atom stereocenters. The molecule has 1 aromatic heterocycles. The minimum absolute atomic E-state index is 0.0305. The zero-order chi connectivity index (χ0) is 22.0. The fourth-order valence-corrected chi connectivity index (χ4v) is 4.68. The van der Waals surface area contributed by atoms with Crippen LogP contribution >= 0.6 is 27.3 Å². The molecular weight excluding hydrogens is 503 g/mol. The first kappa shape index (κ1) is 21.6. The lowest BCUT2D eigenvalue weighted by Gasteiger charge is -2.04. The molecule has 2 N–H and O–H groups in total. The number of ether oxygens (including phenoxy) is 1. The number of thiazole rings is 1. The van der Waals surface area contributed by atoms with E-state index < -0.39 is 10.0 Å². The Morgan fingerprint density at radius 1 is 0.935 bits per heavy atom. The summed E-state index contributed by atoms with van der Waals surface area (Å²) in [7, 11) is -3.78. The fraction of sp³-hybridized carbons (Fsp3) is 0.0455. The van der Waals surface area contributed by atoms with Gasteiger partial charge in [-0.3, -0.25) is 0 Å². The third kappa shape index (κ3) is 5.19. The molecule has 158 valence electrons. The third-order valence-electron chi connectivity index (χ3n) is 4.41. The second-order valence-corrected chi connectivity index (χ2v) is 10.2. The number of aromatic nitrogens is 1. The lowest BCUT2D eigenvalue weighted by Crippen LogP contribution is -2.11. The number of hydrogen-bond donors (Lipinski definition) is 1. The van der Waals surface area contributed by atoms with Crippen molar-refractivity contribution in [2.24, 2.45) is 5.14 Å². The van der Waals surface area contributed by atoms with Crippen LogP contribution < -0.4 is 9.88 Å². The predicted octanol–water partition coefficient (Wildman–Crippen LogP) is 5.61. The molecule has 0 fully saturated rings. The molecule has 0 aliphatic heterocycles. The standard InChI is InChI=1S/C22H16BrFN2O3S2/c23-16-5-9-18(10-6-16)29-13-20-26-21(14-1-7-17(24)8-2-14)22(30-20)15-3-11-19(12-4-15)31(25,27)28/h1-12H,13H2,(H2,25,27,28). The van der Waals surface area contributed by atoms with Crippen molar-refractivity contribution in [2.45, 2.75) is 11.5 Å². The van der Waals surface area contributed by atoms with E-state index in [9.17, 15) is 12.8 Å². The van der Waals surface area contributed by atoms with E-state index in [4.69, 9.17) is 14.9 Å². The van der Waals surface area contributed by atoms with Gasteiger partial charge in [0.05, 0.1) is 15.5 Å². The Hall–Kier alpha value is -2.59. The molecule has 0 aliphatic carbocycles. The molecule has 9 heteroatoms. The number of sulfonamides is 1. The molecule has 31 heavy (non-hydrogen) atoms. The van der Waals surface area contributed by atoms with Crippen LogP contribution in [-0.2, 0) is 16.6 Å². The number of hydrogen-bond acceptors (Lipinski definition) is 5. The average Bonchev–Trinajstić information content (AvgIpc) is 3.18. The van der Waals surface area contributed by atoms with Gasteiger partial charge in [-0.2, -0.15) is 0 Å². The molecular formula is C22H16BrFN2O3S2. The molecule has 0 radical (unpaired) electrons. The maximum absolute atomic E-state index is 13.4. The van der Waals surface area contributed by atoms with Gasteiger partial charge in [0, 0.05) is 10.0 Å². The minimum Gasteiger partial charge on any atom is -0.486 e. The summed E-state index contributed by atoms with van der Waals surface area (Å²) in [5, 5.41) is 5.93. The van der Waals surface area contributed by atoms with Gasteiger partial charge in [-0.25, -0.2) is 22.9 Å². The second kappa shape index (κ2) is 8.88. The number of benzene rings is 3. The van der Waals surface area contributed by atoms with Crippen molar-refractivity contribution in [3.05, 3.63) is 88.1 Å². The van der Waals surface area contributed by atoms with Crippen LogP contribution in [0.4, 0.5) is 4.39 Å². The quantitative estimate of drug-likeness (QED) is 0.359. The molecule has 4 aromatic rings. The number of nitrogens with two attached hydrogens (primary N) is 1. The van der Waals surface area contributed by atoms with Crippen molar-refractivity contribution in [1.82, 2.24) is 4.98 Å². The van der Waals surface area contributed by atoms with E-state index in [1.807, 2.05) is 24.3 Å². The lowest BCUT2D eigenvalue weighted by molar-refractivity contribution is 0.305. The van der Waals surface area contributed by atoms with Gasteiger partial charge in [0.25, 0.3) is 0 Å². The molecule has 0 aliphatic rings. The van der Waals surface area contributed by atoms with Crippen molar-refractivity contribution >= 4 is 37.3 Å². The summed E-state index contributed by atoms with van der Waals surface area (Å²) >= 11 is 4.82. The number of nitrogens with zero attached hydrogens (tertiary/aromatic N) is 1. The molecule has 0 saturated heterocycles. The van der Waals surface area contributed by atoms with Crippen LogP contribution in [0.2, 0.25) is 0 Å². The van der Waals surface area contributed by atoms with Gasteiger partial charge in [-0.05, 0) is 66.2 Å². The van der Waals surface area contributed by atoms with Crippen LogP contribution in [0.5, 0.6) is 5.75 Å². The van der Waals surface area contributed by atoms with Gasteiger partial charge in [0.1, 0.15) is 23.2 Å². The van der Waals surface area contributed by atoms with Gasteiger partial charge >= 0.3 is 0 Å². The third-order valence-corrected chi connectivity index (χ3v) is 6.95. The van der Waals surface area contributed by atoms with E-state index in [0.29, 0.717) is 11.4 Å². The van der Waals surface area contributed by atoms with Gasteiger partial charge in [-0.1, -0.05) is 28.1 Å². The summed E-state index contributed by atoms with van der Waals surface area (Å²) in [6, 6.07) is 19.8. The Kier molecular flexibility index (Phi) is 6.19. The molecule has 0 amide bonds. The van der Waals surface area contributed by atoms with Crippen LogP contribution in [0.25, 0.3) is 21.7 Å². The summed E-state index contributed by atoms with van der Waals surface area (Å²) in [5.74, 6) is 0.373. The van der Waals surface area contributed by atoms with Gasteiger partial charge in [-0.15, -0.1) is 11.3 Å². The molecule has 0 atom stereocenters. The SMILES string of the molecule is NS(=O)(=O)c1ccc(-c2sc(COc3ccc(Br)cc3)nc2-c2ccc(F)cc2)cc1. The topological polar surface area (TPSA) is 82.3 Å². The lowest BCUT2D eigenvalue weighted by atomic mass is 10.1. The summed E-state index contributed by atoms with van der Waals surface area (Å²) in [6.45, 7) is 0.260. The largest absolute Gasteiger partial charge is 0.486 e. The highest BCUT2D eigenvalue weighted by Crippen LogP contribution is 2.37. The summed E-state index contributed by atoms with van der Waals surface area (Å²) < 4.78 is 43.3. The Morgan fingerprint density at radius 3 is 2.16 bits per heavy atom. The molecule has 1 heterocycles. The highest BCUT2D eigenvalue weighted by Gasteiger charge is 2.17. The number of rotatable bonds is 6. The normalized spacial score (nSPS) is 11.5. The summed E-state index contributed by atoms with van der Waals surface area (Å²) in [6.07, 6.45) is 0. The molecule has 3 aromatic carbocycles. The summed E-state index contributed by atoms with van der Waals surface area (Å²) in [5.41, 5.74) is 2.19. The van der Waals surface area contributed by atoms with E-state index >= 15 is 0 Å². The smallest absolute Gasteiger partial charge is 0.238 e. The molecule has 0 bridgehead atoms. The highest BCUT2D eigenvalue weighted by atomic mass is 79.9. The number of primary sulfonamides is 1. The maximum atomic E-state index is 13.4. The Labute approximate surface area is 191 Å². The van der Waals surface area contributed by atoms with Crippen LogP contribution in [-0.4, -0.2) is 13.4 Å². The minimum atomic E-state index is -3.78. The van der Waals surface area contributed by atoms with Crippen molar-refractivity contribution < 1.29 is 17.5 Å². The van der Waals surface area contributed by atoms with Crippen molar-refractivity contribution in [1.29, 1.82) is 0 Å². The van der Waals surface area contributed by atoms with Crippen LogP contribution in [0.1, 0.15) is 5.01 Å². The monoisotopic (exact) mass is 518 g/mol. The van der Waals surface area contributed by atoms with Crippen molar-refractivity contribution in [3.63, 3.8) is 0 Å². The van der Waals surface area contributed by atoms with Crippen LogP contribution in [0.15, 0.2) is 82.2 Å². The first-order chi connectivity index (χ1) is 14.8. The van der Waals surface area contributed by atoms with Gasteiger partial charge in [0.15, 0.2) is 0 Å².